The summed E-state index contributed by atoms with van der Waals surface area (Å²) >= 11 is 5.57. The zero-order valence-corrected chi connectivity index (χ0v) is 11.3. The first kappa shape index (κ1) is 13.9. The second-order valence-corrected chi connectivity index (χ2v) is 4.68. The number of halogens is 1. The predicted molar refractivity (Wildman–Crippen MR) is 73.6 cm³/mol. The van der Waals surface area contributed by atoms with Crippen molar-refractivity contribution in [1.82, 2.24) is 0 Å². The molecule has 2 heteroatoms. The molecule has 1 aromatic carbocycles. The highest BCUT2D eigenvalue weighted by Gasteiger charge is 1.97. The van der Waals surface area contributed by atoms with Crippen molar-refractivity contribution in [2.75, 3.05) is 12.5 Å². The van der Waals surface area contributed by atoms with Gasteiger partial charge in [0.15, 0.2) is 0 Å². The summed E-state index contributed by atoms with van der Waals surface area (Å²) in [6.45, 7) is 5.14. The fraction of sp³-hybridized carbons (Fsp3) is 0.467. The summed E-state index contributed by atoms with van der Waals surface area (Å²) in [6.07, 6.45) is 1.79. The molecular formula is C15H19ClO. The zero-order chi connectivity index (χ0) is 12.5. The van der Waals surface area contributed by atoms with Gasteiger partial charge in [-0.1, -0.05) is 31.8 Å². The summed E-state index contributed by atoms with van der Waals surface area (Å²) in [7, 11) is 0. The molecule has 0 N–H and O–H groups in total. The van der Waals surface area contributed by atoms with Gasteiger partial charge in [0, 0.05) is 17.9 Å². The van der Waals surface area contributed by atoms with Crippen LogP contribution in [0.3, 0.4) is 0 Å². The van der Waals surface area contributed by atoms with Crippen LogP contribution in [-0.2, 0) is 0 Å². The fourth-order valence-electron chi connectivity index (χ4n) is 1.29. The van der Waals surface area contributed by atoms with Crippen molar-refractivity contribution in [3.05, 3.63) is 29.8 Å². The van der Waals surface area contributed by atoms with Gasteiger partial charge in [0.25, 0.3) is 0 Å². The van der Waals surface area contributed by atoms with E-state index in [1.165, 1.54) is 0 Å². The van der Waals surface area contributed by atoms with Crippen LogP contribution in [0.1, 0.15) is 32.3 Å². The largest absolute Gasteiger partial charge is 0.494 e. The Bertz CT molecular complexity index is 387. The summed E-state index contributed by atoms with van der Waals surface area (Å²) in [5, 5.41) is 0. The number of ether oxygens (including phenoxy) is 1. The normalized spacial score (nSPS) is 9.88. The Kier molecular flexibility index (Phi) is 6.58. The molecule has 1 rings (SSSR count). The van der Waals surface area contributed by atoms with E-state index in [2.05, 4.69) is 25.7 Å². The van der Waals surface area contributed by atoms with Crippen LogP contribution in [0.15, 0.2) is 24.3 Å². The van der Waals surface area contributed by atoms with Crippen LogP contribution >= 0.6 is 11.6 Å². The third-order valence-electron chi connectivity index (χ3n) is 2.25. The highest BCUT2D eigenvalue weighted by Crippen LogP contribution is 2.13. The monoisotopic (exact) mass is 250 g/mol. The Morgan fingerprint density at radius 2 is 2.18 bits per heavy atom. The molecule has 0 unspecified atom stereocenters. The average Bonchev–Trinajstić information content (AvgIpc) is 2.29. The Hall–Kier alpha value is -1.13. The van der Waals surface area contributed by atoms with Gasteiger partial charge in [0.1, 0.15) is 5.75 Å². The van der Waals surface area contributed by atoms with Gasteiger partial charge in [0.05, 0.1) is 6.61 Å². The van der Waals surface area contributed by atoms with E-state index >= 15 is 0 Å². The summed E-state index contributed by atoms with van der Waals surface area (Å²) < 4.78 is 5.67. The van der Waals surface area contributed by atoms with Crippen molar-refractivity contribution >= 4 is 11.6 Å². The Balaban J connectivity index is 2.51. The first-order valence-corrected chi connectivity index (χ1v) is 6.53. The average molecular weight is 251 g/mol. The Labute approximate surface area is 109 Å². The topological polar surface area (TPSA) is 9.23 Å². The van der Waals surface area contributed by atoms with Crippen LogP contribution in [0.2, 0.25) is 0 Å². The van der Waals surface area contributed by atoms with Gasteiger partial charge in [-0.15, -0.1) is 11.6 Å². The molecule has 92 valence electrons. The minimum atomic E-state index is 0.581. The third kappa shape index (κ3) is 6.24. The van der Waals surface area contributed by atoms with Crippen LogP contribution in [-0.4, -0.2) is 12.5 Å². The van der Waals surface area contributed by atoms with Crippen molar-refractivity contribution in [3.63, 3.8) is 0 Å². The molecule has 0 aromatic heterocycles. The molecule has 1 aromatic rings. The van der Waals surface area contributed by atoms with Gasteiger partial charge in [-0.2, -0.15) is 0 Å². The Morgan fingerprint density at radius 1 is 1.35 bits per heavy atom. The number of benzene rings is 1. The smallest absolute Gasteiger partial charge is 0.120 e. The lowest BCUT2D eigenvalue weighted by Gasteiger charge is -2.07. The number of hydrogen-bond acceptors (Lipinski definition) is 1. The minimum Gasteiger partial charge on any atom is -0.494 e. The van der Waals surface area contributed by atoms with Crippen LogP contribution < -0.4 is 4.74 Å². The van der Waals surface area contributed by atoms with E-state index in [-0.39, 0.29) is 0 Å². The summed E-state index contributed by atoms with van der Waals surface area (Å²) in [4.78, 5) is 0. The zero-order valence-electron chi connectivity index (χ0n) is 10.5. The Morgan fingerprint density at radius 3 is 2.88 bits per heavy atom. The standard InChI is InChI=1S/C15H19ClO/c1-13(2)9-11-17-15-8-5-7-14(12-15)6-3-4-10-16/h5,7-8,12-13H,4,9-11H2,1-2H3. The van der Waals surface area contributed by atoms with E-state index in [1.54, 1.807) is 0 Å². The van der Waals surface area contributed by atoms with Crippen molar-refractivity contribution < 1.29 is 4.74 Å². The van der Waals surface area contributed by atoms with Gasteiger partial charge < -0.3 is 4.74 Å². The molecule has 0 aliphatic carbocycles. The fourth-order valence-corrected chi connectivity index (χ4v) is 1.38. The number of alkyl halides is 1. The molecular weight excluding hydrogens is 232 g/mol. The van der Waals surface area contributed by atoms with E-state index in [0.717, 1.165) is 30.8 Å². The van der Waals surface area contributed by atoms with E-state index < -0.39 is 0 Å². The van der Waals surface area contributed by atoms with Gasteiger partial charge in [0.2, 0.25) is 0 Å². The molecule has 0 aliphatic rings. The first-order chi connectivity index (χ1) is 8.22. The molecule has 0 saturated carbocycles. The summed E-state index contributed by atoms with van der Waals surface area (Å²) in [6, 6.07) is 7.89. The van der Waals surface area contributed by atoms with Crippen molar-refractivity contribution in [2.24, 2.45) is 5.92 Å². The summed E-state index contributed by atoms with van der Waals surface area (Å²) in [5.41, 5.74) is 0.983. The van der Waals surface area contributed by atoms with Crippen LogP contribution in [0, 0.1) is 17.8 Å². The lowest BCUT2D eigenvalue weighted by molar-refractivity contribution is 0.289. The molecule has 0 atom stereocenters. The number of hydrogen-bond donors (Lipinski definition) is 0. The van der Waals surface area contributed by atoms with E-state index in [9.17, 15) is 0 Å². The minimum absolute atomic E-state index is 0.581. The molecule has 0 amide bonds. The van der Waals surface area contributed by atoms with Crippen LogP contribution in [0.5, 0.6) is 5.75 Å². The van der Waals surface area contributed by atoms with Crippen molar-refractivity contribution in [3.8, 4) is 17.6 Å². The highest BCUT2D eigenvalue weighted by atomic mass is 35.5. The van der Waals surface area contributed by atoms with Gasteiger partial charge in [-0.25, -0.2) is 0 Å². The van der Waals surface area contributed by atoms with Crippen molar-refractivity contribution in [1.29, 1.82) is 0 Å². The number of rotatable bonds is 5. The molecule has 0 bridgehead atoms. The molecule has 0 radical (unpaired) electrons. The van der Waals surface area contributed by atoms with Crippen molar-refractivity contribution in [2.45, 2.75) is 26.7 Å². The second-order valence-electron chi connectivity index (χ2n) is 4.30. The summed E-state index contributed by atoms with van der Waals surface area (Å²) in [5.74, 6) is 8.23. The molecule has 17 heavy (non-hydrogen) atoms. The maximum atomic E-state index is 5.67. The van der Waals surface area contributed by atoms with Gasteiger partial charge in [-0.3, -0.25) is 0 Å². The van der Waals surface area contributed by atoms with Gasteiger partial charge in [-0.05, 0) is 30.5 Å². The third-order valence-corrected chi connectivity index (χ3v) is 2.44. The molecule has 0 fully saturated rings. The quantitative estimate of drug-likeness (QED) is 0.565. The van der Waals surface area contributed by atoms with Gasteiger partial charge >= 0.3 is 0 Å². The first-order valence-electron chi connectivity index (χ1n) is 6.00. The highest BCUT2D eigenvalue weighted by molar-refractivity contribution is 6.18. The van der Waals surface area contributed by atoms with Crippen LogP contribution in [0.25, 0.3) is 0 Å². The maximum Gasteiger partial charge on any atom is 0.120 e. The molecule has 0 spiro atoms. The van der Waals surface area contributed by atoms with E-state index in [1.807, 2.05) is 24.3 Å². The SMILES string of the molecule is CC(C)CCOc1cccc(C#CCCCl)c1. The lowest BCUT2D eigenvalue weighted by atomic mass is 10.1. The molecule has 1 nitrogen and oxygen atoms in total. The van der Waals surface area contributed by atoms with E-state index in [0.29, 0.717) is 11.8 Å². The molecule has 0 aliphatic heterocycles. The molecule has 0 saturated heterocycles. The van der Waals surface area contributed by atoms with Crippen LogP contribution in [0.4, 0.5) is 0 Å². The maximum absolute atomic E-state index is 5.67. The lowest BCUT2D eigenvalue weighted by Crippen LogP contribution is -2.01. The predicted octanol–water partition coefficient (Wildman–Crippen LogP) is 4.09. The molecule has 0 heterocycles. The second kappa shape index (κ2) is 8.03. The van der Waals surface area contributed by atoms with E-state index in [4.69, 9.17) is 16.3 Å².